The Morgan fingerprint density at radius 3 is 2.52 bits per heavy atom. The van der Waals surface area contributed by atoms with Gasteiger partial charge in [-0.05, 0) is 43.5 Å². The highest BCUT2D eigenvalue weighted by atomic mass is 16.3. The monoisotopic (exact) mass is 307 g/mol. The summed E-state index contributed by atoms with van der Waals surface area (Å²) in [6.07, 6.45) is 3.45. The second kappa shape index (κ2) is 6.69. The van der Waals surface area contributed by atoms with Crippen LogP contribution in [0.4, 0.5) is 5.69 Å². The number of amides is 1. The Labute approximate surface area is 136 Å². The zero-order valence-corrected chi connectivity index (χ0v) is 13.6. The maximum absolute atomic E-state index is 12.5. The van der Waals surface area contributed by atoms with Gasteiger partial charge in [0.15, 0.2) is 5.76 Å². The van der Waals surface area contributed by atoms with Gasteiger partial charge in [0.2, 0.25) is 0 Å². The Hall–Kier alpha value is -2.55. The molecule has 0 aliphatic heterocycles. The molecule has 0 aliphatic rings. The van der Waals surface area contributed by atoms with Crippen molar-refractivity contribution in [2.45, 2.75) is 33.1 Å². The fraction of sp³-hybridized carbons (Fsp3) is 0.250. The van der Waals surface area contributed by atoms with E-state index < -0.39 is 0 Å². The summed E-state index contributed by atoms with van der Waals surface area (Å²) in [5.41, 5.74) is 3.70. The first-order valence-corrected chi connectivity index (χ1v) is 8.07. The van der Waals surface area contributed by atoms with E-state index in [0.29, 0.717) is 5.76 Å². The van der Waals surface area contributed by atoms with Crippen molar-refractivity contribution in [1.82, 2.24) is 0 Å². The van der Waals surface area contributed by atoms with Gasteiger partial charge in [0.05, 0.1) is 0 Å². The van der Waals surface area contributed by atoms with Crippen molar-refractivity contribution in [2.24, 2.45) is 0 Å². The molecule has 1 aromatic heterocycles. The van der Waals surface area contributed by atoms with Crippen LogP contribution in [0, 0.1) is 6.92 Å². The number of furan rings is 1. The third-order valence-electron chi connectivity index (χ3n) is 4.08. The van der Waals surface area contributed by atoms with Gasteiger partial charge in [0, 0.05) is 16.6 Å². The Balaban J connectivity index is 1.76. The van der Waals surface area contributed by atoms with Gasteiger partial charge in [-0.1, -0.05) is 43.7 Å². The van der Waals surface area contributed by atoms with E-state index in [2.05, 4.69) is 24.4 Å². The van der Waals surface area contributed by atoms with Crippen molar-refractivity contribution in [2.75, 3.05) is 5.32 Å². The largest absolute Gasteiger partial charge is 0.451 e. The number of rotatable bonds is 5. The van der Waals surface area contributed by atoms with Crippen molar-refractivity contribution in [3.8, 4) is 0 Å². The van der Waals surface area contributed by atoms with Gasteiger partial charge >= 0.3 is 0 Å². The zero-order chi connectivity index (χ0) is 16.2. The lowest BCUT2D eigenvalue weighted by atomic mass is 10.1. The minimum atomic E-state index is -0.208. The summed E-state index contributed by atoms with van der Waals surface area (Å²) in [5, 5.41) is 3.89. The predicted octanol–water partition coefficient (Wildman–Crippen LogP) is 5.34. The van der Waals surface area contributed by atoms with E-state index >= 15 is 0 Å². The van der Waals surface area contributed by atoms with Crippen LogP contribution in [0.5, 0.6) is 0 Å². The summed E-state index contributed by atoms with van der Waals surface area (Å²) >= 11 is 0. The molecule has 0 saturated carbocycles. The van der Waals surface area contributed by atoms with E-state index in [-0.39, 0.29) is 5.91 Å². The molecule has 0 fully saturated rings. The van der Waals surface area contributed by atoms with Crippen LogP contribution < -0.4 is 5.32 Å². The molecule has 1 heterocycles. The first kappa shape index (κ1) is 15.3. The maximum Gasteiger partial charge on any atom is 0.291 e. The minimum absolute atomic E-state index is 0.208. The highest BCUT2D eigenvalue weighted by Gasteiger charge is 2.17. The van der Waals surface area contributed by atoms with Crippen LogP contribution in [0.1, 0.15) is 41.4 Å². The predicted molar refractivity (Wildman–Crippen MR) is 94.0 cm³/mol. The summed E-state index contributed by atoms with van der Waals surface area (Å²) in [7, 11) is 0. The van der Waals surface area contributed by atoms with Gasteiger partial charge in [-0.25, -0.2) is 0 Å². The summed E-state index contributed by atoms with van der Waals surface area (Å²) in [4.78, 5) is 12.5. The molecule has 0 bridgehead atoms. The van der Waals surface area contributed by atoms with E-state index in [1.807, 2.05) is 43.3 Å². The van der Waals surface area contributed by atoms with Gasteiger partial charge in [-0.2, -0.15) is 0 Å². The van der Waals surface area contributed by atoms with Gasteiger partial charge in [0.1, 0.15) is 5.58 Å². The molecule has 3 nitrogen and oxygen atoms in total. The van der Waals surface area contributed by atoms with E-state index in [4.69, 9.17) is 4.42 Å². The fourth-order valence-electron chi connectivity index (χ4n) is 2.71. The number of carbonyl (C=O) groups is 1. The molecule has 0 spiro atoms. The van der Waals surface area contributed by atoms with Gasteiger partial charge in [0.25, 0.3) is 5.91 Å². The molecule has 1 N–H and O–H groups in total. The van der Waals surface area contributed by atoms with Crippen LogP contribution in [0.2, 0.25) is 0 Å². The van der Waals surface area contributed by atoms with Crippen molar-refractivity contribution < 1.29 is 9.21 Å². The standard InChI is InChI=1S/C20H21NO2/c1-3-4-7-15-10-12-16(13-11-15)21-20(22)19-14(2)17-8-5-6-9-18(17)23-19/h5-6,8-13H,3-4,7H2,1-2H3,(H,21,22). The zero-order valence-electron chi connectivity index (χ0n) is 13.6. The Kier molecular flexibility index (Phi) is 4.47. The smallest absolute Gasteiger partial charge is 0.291 e. The molecule has 0 radical (unpaired) electrons. The molecule has 0 atom stereocenters. The first-order valence-electron chi connectivity index (χ1n) is 8.07. The van der Waals surface area contributed by atoms with Crippen molar-refractivity contribution in [3.05, 3.63) is 65.4 Å². The molecule has 3 aromatic rings. The molecule has 118 valence electrons. The second-order valence-electron chi connectivity index (χ2n) is 5.81. The number of hydrogen-bond donors (Lipinski definition) is 1. The molecular weight excluding hydrogens is 286 g/mol. The average Bonchev–Trinajstić information content (AvgIpc) is 2.92. The summed E-state index contributed by atoms with van der Waals surface area (Å²) in [5.74, 6) is 0.168. The van der Waals surface area contributed by atoms with Crippen molar-refractivity contribution in [1.29, 1.82) is 0 Å². The highest BCUT2D eigenvalue weighted by molar-refractivity contribution is 6.06. The maximum atomic E-state index is 12.5. The number of carbonyl (C=O) groups excluding carboxylic acids is 1. The Bertz CT molecular complexity index is 815. The van der Waals surface area contributed by atoms with Crippen LogP contribution in [0.25, 0.3) is 11.0 Å². The quantitative estimate of drug-likeness (QED) is 0.691. The Morgan fingerprint density at radius 2 is 1.83 bits per heavy atom. The third-order valence-corrected chi connectivity index (χ3v) is 4.08. The lowest BCUT2D eigenvalue weighted by Gasteiger charge is -2.05. The highest BCUT2D eigenvalue weighted by Crippen LogP contribution is 2.25. The number of aryl methyl sites for hydroxylation is 2. The molecule has 3 rings (SSSR count). The van der Waals surface area contributed by atoms with E-state index in [1.165, 1.54) is 18.4 Å². The van der Waals surface area contributed by atoms with Gasteiger partial charge < -0.3 is 9.73 Å². The van der Waals surface area contributed by atoms with Crippen LogP contribution in [0.15, 0.2) is 52.9 Å². The number of unbranched alkanes of at least 4 members (excludes halogenated alkanes) is 1. The summed E-state index contributed by atoms with van der Waals surface area (Å²) in [6, 6.07) is 15.7. The van der Waals surface area contributed by atoms with Gasteiger partial charge in [-0.15, -0.1) is 0 Å². The Morgan fingerprint density at radius 1 is 1.09 bits per heavy atom. The summed E-state index contributed by atoms with van der Waals surface area (Å²) < 4.78 is 5.70. The molecule has 0 aliphatic carbocycles. The number of hydrogen-bond acceptors (Lipinski definition) is 2. The average molecular weight is 307 g/mol. The van der Waals surface area contributed by atoms with E-state index in [0.717, 1.165) is 28.6 Å². The third kappa shape index (κ3) is 3.29. The van der Waals surface area contributed by atoms with Crippen molar-refractivity contribution in [3.63, 3.8) is 0 Å². The van der Waals surface area contributed by atoms with Crippen LogP contribution >= 0.6 is 0 Å². The molecule has 2 aromatic carbocycles. The van der Waals surface area contributed by atoms with E-state index in [1.54, 1.807) is 0 Å². The molecule has 0 unspecified atom stereocenters. The normalized spacial score (nSPS) is 10.9. The number of nitrogens with one attached hydrogen (secondary N) is 1. The van der Waals surface area contributed by atoms with Crippen molar-refractivity contribution >= 4 is 22.6 Å². The fourth-order valence-corrected chi connectivity index (χ4v) is 2.71. The minimum Gasteiger partial charge on any atom is -0.451 e. The number of anilines is 1. The molecular formula is C20H21NO2. The number of fused-ring (bicyclic) bond motifs is 1. The van der Waals surface area contributed by atoms with Crippen LogP contribution in [-0.2, 0) is 6.42 Å². The lowest BCUT2D eigenvalue weighted by molar-refractivity contribution is 0.0998. The number of para-hydroxylation sites is 1. The molecule has 3 heteroatoms. The molecule has 1 amide bonds. The molecule has 0 saturated heterocycles. The SMILES string of the molecule is CCCCc1ccc(NC(=O)c2oc3ccccc3c2C)cc1. The van der Waals surface area contributed by atoms with E-state index in [9.17, 15) is 4.79 Å². The lowest BCUT2D eigenvalue weighted by Crippen LogP contribution is -2.12. The number of benzene rings is 2. The summed E-state index contributed by atoms with van der Waals surface area (Å²) in [6.45, 7) is 4.10. The topological polar surface area (TPSA) is 42.2 Å². The van der Waals surface area contributed by atoms with Gasteiger partial charge in [-0.3, -0.25) is 4.79 Å². The van der Waals surface area contributed by atoms with Crippen LogP contribution in [0.3, 0.4) is 0 Å². The molecule has 23 heavy (non-hydrogen) atoms. The van der Waals surface area contributed by atoms with Crippen LogP contribution in [-0.4, -0.2) is 5.91 Å². The first-order chi connectivity index (χ1) is 11.2. The second-order valence-corrected chi connectivity index (χ2v) is 5.81.